The summed E-state index contributed by atoms with van der Waals surface area (Å²) in [5.74, 6) is 1.24. The molecule has 0 spiro atoms. The van der Waals surface area contributed by atoms with Crippen molar-refractivity contribution >= 4 is 12.0 Å². The number of likely N-dealkylation sites (N-methyl/N-ethyl adjacent to an activating group) is 1. The first-order chi connectivity index (χ1) is 12.5. The van der Waals surface area contributed by atoms with Gasteiger partial charge in [-0.2, -0.15) is 0 Å². The molecule has 5 nitrogen and oxygen atoms in total. The number of hydrogen-bond acceptors (Lipinski definition) is 3. The van der Waals surface area contributed by atoms with E-state index in [9.17, 15) is 4.79 Å². The van der Waals surface area contributed by atoms with Crippen LogP contribution in [0.15, 0.2) is 54.6 Å². The third-order valence-electron chi connectivity index (χ3n) is 4.23. The van der Waals surface area contributed by atoms with Crippen molar-refractivity contribution in [3.8, 4) is 11.5 Å². The Kier molecular flexibility index (Phi) is 7.24. The van der Waals surface area contributed by atoms with E-state index in [0.717, 1.165) is 5.56 Å². The molecule has 26 heavy (non-hydrogen) atoms. The van der Waals surface area contributed by atoms with Gasteiger partial charge >= 0.3 is 0 Å². The van der Waals surface area contributed by atoms with Crippen LogP contribution >= 0.6 is 0 Å². The Labute approximate surface area is 155 Å². The second kappa shape index (κ2) is 9.63. The van der Waals surface area contributed by atoms with E-state index in [4.69, 9.17) is 9.47 Å². The SMILES string of the molecule is COc1ccc(/C=C/C(=O)NC[C@H](c2ccccc2)[NH+](C)C)c(OC)c1. The fraction of sp³-hybridized carbons (Fsp3) is 0.286. The normalized spacial score (nSPS) is 12.2. The van der Waals surface area contributed by atoms with E-state index in [-0.39, 0.29) is 11.9 Å². The number of benzene rings is 2. The summed E-state index contributed by atoms with van der Waals surface area (Å²) in [4.78, 5) is 13.5. The highest BCUT2D eigenvalue weighted by Gasteiger charge is 2.17. The van der Waals surface area contributed by atoms with E-state index in [1.54, 1.807) is 26.4 Å². The first kappa shape index (κ1) is 19.5. The van der Waals surface area contributed by atoms with Crippen molar-refractivity contribution in [2.75, 3.05) is 34.9 Å². The van der Waals surface area contributed by atoms with Gasteiger partial charge in [0, 0.05) is 23.3 Å². The molecule has 0 aliphatic rings. The molecule has 0 radical (unpaired) electrons. The number of carbonyl (C=O) groups is 1. The molecule has 0 aliphatic carbocycles. The smallest absolute Gasteiger partial charge is 0.244 e. The largest absolute Gasteiger partial charge is 0.497 e. The highest BCUT2D eigenvalue weighted by molar-refractivity contribution is 5.92. The molecule has 0 aliphatic heterocycles. The van der Waals surface area contributed by atoms with Crippen molar-refractivity contribution < 1.29 is 19.2 Å². The fourth-order valence-electron chi connectivity index (χ4n) is 2.72. The number of carbonyl (C=O) groups excluding carboxylic acids is 1. The summed E-state index contributed by atoms with van der Waals surface area (Å²) in [5, 5.41) is 2.98. The Balaban J connectivity index is 2.00. The van der Waals surface area contributed by atoms with Crippen molar-refractivity contribution in [2.45, 2.75) is 6.04 Å². The van der Waals surface area contributed by atoms with Crippen molar-refractivity contribution in [3.05, 3.63) is 65.7 Å². The number of nitrogens with one attached hydrogen (secondary N) is 2. The number of quaternary nitrogens is 1. The van der Waals surface area contributed by atoms with Crippen LogP contribution in [0.2, 0.25) is 0 Å². The Morgan fingerprint density at radius 2 is 1.85 bits per heavy atom. The number of amides is 1. The number of methoxy groups -OCH3 is 2. The first-order valence-electron chi connectivity index (χ1n) is 8.58. The average Bonchev–Trinajstić information content (AvgIpc) is 2.66. The third kappa shape index (κ3) is 5.36. The van der Waals surface area contributed by atoms with Gasteiger partial charge in [0.2, 0.25) is 5.91 Å². The van der Waals surface area contributed by atoms with Crippen LogP contribution in [0, 0.1) is 0 Å². The minimum absolute atomic E-state index is 0.134. The van der Waals surface area contributed by atoms with E-state index >= 15 is 0 Å². The summed E-state index contributed by atoms with van der Waals surface area (Å²) < 4.78 is 10.5. The minimum atomic E-state index is -0.134. The van der Waals surface area contributed by atoms with Crippen LogP contribution in [-0.2, 0) is 4.79 Å². The molecule has 0 fully saturated rings. The zero-order chi connectivity index (χ0) is 18.9. The van der Waals surface area contributed by atoms with Crippen LogP contribution in [0.3, 0.4) is 0 Å². The molecule has 2 aromatic rings. The van der Waals surface area contributed by atoms with E-state index in [2.05, 4.69) is 31.5 Å². The monoisotopic (exact) mass is 355 g/mol. The molecule has 0 saturated heterocycles. The summed E-state index contributed by atoms with van der Waals surface area (Å²) in [6.07, 6.45) is 3.27. The van der Waals surface area contributed by atoms with E-state index in [1.165, 1.54) is 16.5 Å². The minimum Gasteiger partial charge on any atom is -0.497 e. The average molecular weight is 355 g/mol. The van der Waals surface area contributed by atoms with Crippen LogP contribution in [0.25, 0.3) is 6.08 Å². The lowest BCUT2D eigenvalue weighted by Gasteiger charge is -2.21. The van der Waals surface area contributed by atoms with E-state index in [0.29, 0.717) is 18.0 Å². The molecule has 0 saturated carbocycles. The van der Waals surface area contributed by atoms with Crippen molar-refractivity contribution in [3.63, 3.8) is 0 Å². The zero-order valence-electron chi connectivity index (χ0n) is 15.8. The number of rotatable bonds is 8. The lowest BCUT2D eigenvalue weighted by molar-refractivity contribution is -0.890. The van der Waals surface area contributed by atoms with Crippen LogP contribution < -0.4 is 19.7 Å². The van der Waals surface area contributed by atoms with Crippen LogP contribution in [0.5, 0.6) is 11.5 Å². The second-order valence-electron chi connectivity index (χ2n) is 6.23. The second-order valence-corrected chi connectivity index (χ2v) is 6.23. The molecule has 2 aromatic carbocycles. The maximum Gasteiger partial charge on any atom is 0.244 e. The predicted molar refractivity (Wildman–Crippen MR) is 104 cm³/mol. The quantitative estimate of drug-likeness (QED) is 0.709. The van der Waals surface area contributed by atoms with Gasteiger partial charge in [-0.15, -0.1) is 0 Å². The van der Waals surface area contributed by atoms with Crippen molar-refractivity contribution in [1.29, 1.82) is 0 Å². The molecule has 2 N–H and O–H groups in total. The molecular weight excluding hydrogens is 328 g/mol. The van der Waals surface area contributed by atoms with Gasteiger partial charge in [-0.1, -0.05) is 30.3 Å². The predicted octanol–water partition coefficient (Wildman–Crippen LogP) is 1.72. The molecular formula is C21H27N2O3+. The molecule has 2 rings (SSSR count). The summed E-state index contributed by atoms with van der Waals surface area (Å²) >= 11 is 0. The molecule has 0 bridgehead atoms. The molecule has 138 valence electrons. The lowest BCUT2D eigenvalue weighted by atomic mass is 10.1. The molecule has 0 heterocycles. The Bertz CT molecular complexity index is 742. The van der Waals surface area contributed by atoms with Gasteiger partial charge in [-0.25, -0.2) is 0 Å². The molecule has 0 aromatic heterocycles. The van der Waals surface area contributed by atoms with Crippen LogP contribution in [0.4, 0.5) is 0 Å². The Hall–Kier alpha value is -2.79. The third-order valence-corrected chi connectivity index (χ3v) is 4.23. The van der Waals surface area contributed by atoms with Gasteiger partial charge in [-0.3, -0.25) is 4.79 Å². The van der Waals surface area contributed by atoms with E-state index in [1.807, 2.05) is 30.3 Å². The molecule has 5 heteroatoms. The van der Waals surface area contributed by atoms with Gasteiger partial charge < -0.3 is 19.7 Å². The lowest BCUT2D eigenvalue weighted by Crippen LogP contribution is -3.07. The van der Waals surface area contributed by atoms with E-state index < -0.39 is 0 Å². The highest BCUT2D eigenvalue weighted by Crippen LogP contribution is 2.25. The van der Waals surface area contributed by atoms with Crippen molar-refractivity contribution in [2.24, 2.45) is 0 Å². The summed E-state index contributed by atoms with van der Waals surface area (Å²) in [5.41, 5.74) is 2.02. The standard InChI is InChI=1S/C21H26N2O3/c1-23(2)19(16-8-6-5-7-9-16)15-22-21(24)13-11-17-10-12-18(25-3)14-20(17)26-4/h5-14,19H,15H2,1-4H3,(H,22,24)/p+1/b13-11+/t19-/m1/s1. The Morgan fingerprint density at radius 1 is 1.12 bits per heavy atom. The maximum absolute atomic E-state index is 12.2. The van der Waals surface area contributed by atoms with Gasteiger partial charge in [0.05, 0.1) is 34.9 Å². The molecule has 1 atom stereocenters. The van der Waals surface area contributed by atoms with Gasteiger partial charge in [0.25, 0.3) is 0 Å². The van der Waals surface area contributed by atoms with Gasteiger partial charge in [0.1, 0.15) is 17.5 Å². The molecule has 1 amide bonds. The summed E-state index contributed by atoms with van der Waals surface area (Å²) in [6, 6.07) is 15.9. The first-order valence-corrected chi connectivity index (χ1v) is 8.58. The maximum atomic E-state index is 12.2. The zero-order valence-corrected chi connectivity index (χ0v) is 15.8. The van der Waals surface area contributed by atoms with Crippen LogP contribution in [0.1, 0.15) is 17.2 Å². The fourth-order valence-corrected chi connectivity index (χ4v) is 2.72. The van der Waals surface area contributed by atoms with Gasteiger partial charge in [0.15, 0.2) is 0 Å². The molecule has 0 unspecified atom stereocenters. The van der Waals surface area contributed by atoms with Crippen LogP contribution in [-0.4, -0.2) is 40.8 Å². The highest BCUT2D eigenvalue weighted by atomic mass is 16.5. The Morgan fingerprint density at radius 3 is 2.46 bits per heavy atom. The number of hydrogen-bond donors (Lipinski definition) is 2. The number of ether oxygens (including phenoxy) is 2. The van der Waals surface area contributed by atoms with Gasteiger partial charge in [-0.05, 0) is 18.2 Å². The topological polar surface area (TPSA) is 52.0 Å². The summed E-state index contributed by atoms with van der Waals surface area (Å²) in [7, 11) is 7.37. The summed E-state index contributed by atoms with van der Waals surface area (Å²) in [6.45, 7) is 0.565. The van der Waals surface area contributed by atoms with Crippen molar-refractivity contribution in [1.82, 2.24) is 5.32 Å².